The Hall–Kier alpha value is 0. The van der Waals surface area contributed by atoms with Gasteiger partial charge in [-0.3, -0.25) is 0 Å². The number of hydrogen-bond acceptors (Lipinski definition) is 0. The number of hydrogen-bond donors (Lipinski definition) is 0. The quantitative estimate of drug-likeness (QED) is 0.478. The Kier molecular flexibility index (Phi) is 5.71. The molecule has 3 unspecified atom stereocenters. The minimum absolute atomic E-state index is 0.874. The smallest absolute Gasteiger partial charge is 0.0383 e. The molecule has 1 aliphatic rings. The van der Waals surface area contributed by atoms with E-state index in [9.17, 15) is 0 Å². The summed E-state index contributed by atoms with van der Waals surface area (Å²) >= 11 is 0. The largest absolute Gasteiger partial charge is 0.0654 e. The summed E-state index contributed by atoms with van der Waals surface area (Å²) < 4.78 is 0. The minimum Gasteiger partial charge on any atom is -0.0654 e. The fourth-order valence-electron chi connectivity index (χ4n) is 2.59. The highest BCUT2D eigenvalue weighted by Crippen LogP contribution is 2.45. The Bertz CT molecular complexity index is 159. The normalized spacial score (nSPS) is 27.0. The third kappa shape index (κ3) is 5.04. The fourth-order valence-corrected chi connectivity index (χ4v) is 2.59. The van der Waals surface area contributed by atoms with Crippen molar-refractivity contribution in [3.8, 4) is 0 Å². The SMILES string of the molecule is CCCC1CC1CCCCC(C)C(C)C. The lowest BCUT2D eigenvalue weighted by molar-refractivity contribution is 0.373. The minimum atomic E-state index is 0.874. The highest BCUT2D eigenvalue weighted by atomic mass is 14.4. The van der Waals surface area contributed by atoms with Crippen molar-refractivity contribution in [2.45, 2.75) is 72.6 Å². The molecular weight excluding hydrogens is 180 g/mol. The van der Waals surface area contributed by atoms with Gasteiger partial charge in [0.1, 0.15) is 0 Å². The molecule has 0 spiro atoms. The molecule has 1 saturated carbocycles. The van der Waals surface area contributed by atoms with E-state index in [0.717, 1.165) is 23.7 Å². The van der Waals surface area contributed by atoms with E-state index in [-0.39, 0.29) is 0 Å². The van der Waals surface area contributed by atoms with Gasteiger partial charge < -0.3 is 0 Å². The molecule has 0 heterocycles. The van der Waals surface area contributed by atoms with E-state index in [1.807, 2.05) is 0 Å². The van der Waals surface area contributed by atoms with Crippen LogP contribution in [-0.4, -0.2) is 0 Å². The molecule has 0 N–H and O–H groups in total. The van der Waals surface area contributed by atoms with E-state index in [1.165, 1.54) is 38.5 Å². The second kappa shape index (κ2) is 6.55. The van der Waals surface area contributed by atoms with Crippen LogP contribution in [0.15, 0.2) is 0 Å². The Labute approximate surface area is 96.8 Å². The maximum absolute atomic E-state index is 2.40. The summed E-state index contributed by atoms with van der Waals surface area (Å²) in [6.07, 6.45) is 10.4. The molecule has 0 amide bonds. The van der Waals surface area contributed by atoms with Crippen LogP contribution in [0, 0.1) is 23.7 Å². The van der Waals surface area contributed by atoms with Gasteiger partial charge in [-0.25, -0.2) is 0 Å². The van der Waals surface area contributed by atoms with Crippen LogP contribution in [0.3, 0.4) is 0 Å². The van der Waals surface area contributed by atoms with E-state index >= 15 is 0 Å². The summed E-state index contributed by atoms with van der Waals surface area (Å²) in [6, 6.07) is 0. The zero-order valence-corrected chi connectivity index (χ0v) is 11.3. The lowest BCUT2D eigenvalue weighted by Gasteiger charge is -2.14. The van der Waals surface area contributed by atoms with Crippen LogP contribution in [0.5, 0.6) is 0 Å². The van der Waals surface area contributed by atoms with Crippen LogP contribution in [0.4, 0.5) is 0 Å². The summed E-state index contributed by atoms with van der Waals surface area (Å²) in [5, 5.41) is 0. The predicted octanol–water partition coefficient (Wildman–Crippen LogP) is 5.28. The van der Waals surface area contributed by atoms with Gasteiger partial charge in [0, 0.05) is 0 Å². The Balaban J connectivity index is 1.90. The highest BCUT2D eigenvalue weighted by Gasteiger charge is 2.34. The highest BCUT2D eigenvalue weighted by molar-refractivity contribution is 4.85. The van der Waals surface area contributed by atoms with Crippen LogP contribution in [0.25, 0.3) is 0 Å². The number of unbranched alkanes of at least 4 members (excludes halogenated alkanes) is 1. The van der Waals surface area contributed by atoms with Gasteiger partial charge in [-0.15, -0.1) is 0 Å². The monoisotopic (exact) mass is 210 g/mol. The number of rotatable bonds is 8. The third-order valence-electron chi connectivity index (χ3n) is 4.35. The van der Waals surface area contributed by atoms with Crippen molar-refractivity contribution in [1.29, 1.82) is 0 Å². The molecule has 0 aromatic heterocycles. The van der Waals surface area contributed by atoms with Crippen LogP contribution in [-0.2, 0) is 0 Å². The summed E-state index contributed by atoms with van der Waals surface area (Å²) in [5.74, 6) is 4.05. The molecular formula is C15H30. The summed E-state index contributed by atoms with van der Waals surface area (Å²) in [7, 11) is 0. The first-order valence-electron chi connectivity index (χ1n) is 7.15. The molecule has 0 radical (unpaired) electrons. The van der Waals surface area contributed by atoms with Gasteiger partial charge in [0.05, 0.1) is 0 Å². The van der Waals surface area contributed by atoms with Gasteiger partial charge in [-0.2, -0.15) is 0 Å². The first-order valence-corrected chi connectivity index (χ1v) is 7.15. The fraction of sp³-hybridized carbons (Fsp3) is 1.00. The molecule has 15 heavy (non-hydrogen) atoms. The molecule has 0 bridgehead atoms. The summed E-state index contributed by atoms with van der Waals surface area (Å²) in [4.78, 5) is 0. The van der Waals surface area contributed by atoms with E-state index in [2.05, 4.69) is 27.7 Å². The Morgan fingerprint density at radius 2 is 1.67 bits per heavy atom. The maximum atomic E-state index is 2.40. The van der Waals surface area contributed by atoms with Crippen molar-refractivity contribution in [3.05, 3.63) is 0 Å². The second-order valence-corrected chi connectivity index (χ2v) is 6.05. The van der Waals surface area contributed by atoms with Crippen molar-refractivity contribution in [1.82, 2.24) is 0 Å². The first-order chi connectivity index (χ1) is 7.15. The first kappa shape index (κ1) is 13.1. The van der Waals surface area contributed by atoms with Crippen molar-refractivity contribution >= 4 is 0 Å². The van der Waals surface area contributed by atoms with Gasteiger partial charge in [-0.1, -0.05) is 66.2 Å². The maximum Gasteiger partial charge on any atom is -0.0383 e. The molecule has 0 saturated heterocycles. The molecule has 0 aromatic rings. The molecule has 0 heteroatoms. The molecule has 3 atom stereocenters. The van der Waals surface area contributed by atoms with E-state index in [4.69, 9.17) is 0 Å². The molecule has 90 valence electrons. The molecule has 1 rings (SSSR count). The van der Waals surface area contributed by atoms with Crippen LogP contribution >= 0.6 is 0 Å². The van der Waals surface area contributed by atoms with Crippen molar-refractivity contribution in [3.63, 3.8) is 0 Å². The Morgan fingerprint density at radius 3 is 2.27 bits per heavy atom. The molecule has 1 aliphatic carbocycles. The second-order valence-electron chi connectivity index (χ2n) is 6.05. The molecule has 0 aliphatic heterocycles. The summed E-state index contributed by atoms with van der Waals surface area (Å²) in [6.45, 7) is 9.42. The van der Waals surface area contributed by atoms with Gasteiger partial charge in [0.25, 0.3) is 0 Å². The molecule has 1 fully saturated rings. The van der Waals surface area contributed by atoms with Crippen molar-refractivity contribution in [2.24, 2.45) is 23.7 Å². The zero-order chi connectivity index (χ0) is 11.3. The average molecular weight is 210 g/mol. The average Bonchev–Trinajstić information content (AvgIpc) is 2.91. The van der Waals surface area contributed by atoms with E-state index < -0.39 is 0 Å². The van der Waals surface area contributed by atoms with E-state index in [0.29, 0.717) is 0 Å². The van der Waals surface area contributed by atoms with Gasteiger partial charge in [0.15, 0.2) is 0 Å². The topological polar surface area (TPSA) is 0 Å². The third-order valence-corrected chi connectivity index (χ3v) is 4.35. The molecule has 0 aromatic carbocycles. The van der Waals surface area contributed by atoms with Gasteiger partial charge in [0.2, 0.25) is 0 Å². The summed E-state index contributed by atoms with van der Waals surface area (Å²) in [5.41, 5.74) is 0. The zero-order valence-electron chi connectivity index (χ0n) is 11.3. The van der Waals surface area contributed by atoms with Crippen LogP contribution in [0.1, 0.15) is 72.6 Å². The lowest BCUT2D eigenvalue weighted by atomic mass is 9.92. The van der Waals surface area contributed by atoms with Crippen LogP contribution < -0.4 is 0 Å². The van der Waals surface area contributed by atoms with E-state index in [1.54, 1.807) is 6.42 Å². The van der Waals surface area contributed by atoms with Crippen molar-refractivity contribution < 1.29 is 0 Å². The lowest BCUT2D eigenvalue weighted by Crippen LogP contribution is -2.03. The Morgan fingerprint density at radius 1 is 1.00 bits per heavy atom. The molecule has 0 nitrogen and oxygen atoms in total. The standard InChI is InChI=1S/C15H30/c1-5-8-14-11-15(14)10-7-6-9-13(4)12(2)3/h12-15H,5-11H2,1-4H3. The van der Waals surface area contributed by atoms with Gasteiger partial charge in [-0.05, 0) is 30.1 Å². The van der Waals surface area contributed by atoms with Crippen molar-refractivity contribution in [2.75, 3.05) is 0 Å². The van der Waals surface area contributed by atoms with Gasteiger partial charge >= 0.3 is 0 Å². The predicted molar refractivity (Wildman–Crippen MR) is 69.0 cm³/mol. The van der Waals surface area contributed by atoms with Crippen LogP contribution in [0.2, 0.25) is 0 Å².